The fourth-order valence-electron chi connectivity index (χ4n) is 3.14. The van der Waals surface area contributed by atoms with Gasteiger partial charge in [-0.25, -0.2) is 4.98 Å². The van der Waals surface area contributed by atoms with Crippen molar-refractivity contribution in [2.24, 2.45) is 5.73 Å². The molecule has 0 spiro atoms. The summed E-state index contributed by atoms with van der Waals surface area (Å²) in [6.07, 6.45) is 2.75. The van der Waals surface area contributed by atoms with Gasteiger partial charge in [-0.15, -0.1) is 0 Å². The summed E-state index contributed by atoms with van der Waals surface area (Å²) < 4.78 is 12.9. The van der Waals surface area contributed by atoms with Gasteiger partial charge in [0.2, 0.25) is 12.7 Å². The predicted molar refractivity (Wildman–Crippen MR) is 92.3 cm³/mol. The summed E-state index contributed by atoms with van der Waals surface area (Å²) in [5.41, 5.74) is 9.77. The minimum Gasteiger partial charge on any atom is -0.454 e. The first kappa shape index (κ1) is 15.4. The molecule has 1 aliphatic rings. The molecule has 0 bridgehead atoms. The number of benzene rings is 1. The van der Waals surface area contributed by atoms with E-state index in [1.165, 1.54) is 0 Å². The molecule has 1 aliphatic heterocycles. The highest BCUT2D eigenvalue weighted by Gasteiger charge is 2.20. The number of para-hydroxylation sites is 1. The van der Waals surface area contributed by atoms with Crippen molar-refractivity contribution >= 4 is 16.9 Å². The summed E-state index contributed by atoms with van der Waals surface area (Å²) in [4.78, 5) is 15.6. The van der Waals surface area contributed by atoms with E-state index >= 15 is 0 Å². The van der Waals surface area contributed by atoms with Crippen molar-refractivity contribution < 1.29 is 14.3 Å². The molecule has 0 aliphatic carbocycles. The Morgan fingerprint density at radius 3 is 3.08 bits per heavy atom. The monoisotopic (exact) mass is 338 g/mol. The van der Waals surface area contributed by atoms with Gasteiger partial charge in [-0.1, -0.05) is 6.07 Å². The first-order valence-electron chi connectivity index (χ1n) is 8.14. The van der Waals surface area contributed by atoms with Crippen LogP contribution >= 0.6 is 0 Å². The molecule has 1 amide bonds. The first-order chi connectivity index (χ1) is 12.1. The lowest BCUT2D eigenvalue weighted by Gasteiger charge is -2.09. The van der Waals surface area contributed by atoms with E-state index in [0.717, 1.165) is 39.4 Å². The zero-order valence-corrected chi connectivity index (χ0v) is 13.9. The summed E-state index contributed by atoms with van der Waals surface area (Å²) in [5, 5.41) is 4.41. The molecule has 0 unspecified atom stereocenters. The molecule has 4 rings (SSSR count). The number of primary amides is 1. The average Bonchev–Trinajstić information content (AvgIpc) is 3.21. The van der Waals surface area contributed by atoms with E-state index < -0.39 is 0 Å². The number of hydrogen-bond donors (Lipinski definition) is 1. The van der Waals surface area contributed by atoms with Gasteiger partial charge in [0, 0.05) is 18.5 Å². The molecular formula is C18H18N4O3. The van der Waals surface area contributed by atoms with E-state index in [9.17, 15) is 4.79 Å². The molecule has 7 nitrogen and oxygen atoms in total. The number of carbonyl (C=O) groups excluding carboxylic acids is 1. The fraction of sp³-hybridized carbons (Fsp3) is 0.278. The second kappa shape index (κ2) is 6.08. The Morgan fingerprint density at radius 2 is 2.24 bits per heavy atom. The van der Waals surface area contributed by atoms with E-state index in [-0.39, 0.29) is 12.7 Å². The van der Waals surface area contributed by atoms with Gasteiger partial charge >= 0.3 is 0 Å². The second-order valence-electron chi connectivity index (χ2n) is 6.04. The first-order valence-corrected chi connectivity index (χ1v) is 8.14. The number of carbonyl (C=O) groups is 1. The van der Waals surface area contributed by atoms with Gasteiger partial charge in [0.15, 0.2) is 11.5 Å². The van der Waals surface area contributed by atoms with Gasteiger partial charge in [-0.05, 0) is 37.1 Å². The van der Waals surface area contributed by atoms with Crippen molar-refractivity contribution in [3.8, 4) is 22.8 Å². The maximum Gasteiger partial charge on any atom is 0.231 e. The molecule has 2 aromatic heterocycles. The van der Waals surface area contributed by atoms with Crippen LogP contribution in [0, 0.1) is 6.92 Å². The highest BCUT2D eigenvalue weighted by molar-refractivity contribution is 5.83. The molecule has 3 heterocycles. The summed E-state index contributed by atoms with van der Waals surface area (Å²) in [6.45, 7) is 2.89. The van der Waals surface area contributed by atoms with Gasteiger partial charge in [0.05, 0.1) is 17.4 Å². The van der Waals surface area contributed by atoms with Gasteiger partial charge < -0.3 is 15.2 Å². The highest BCUT2D eigenvalue weighted by Crippen LogP contribution is 2.41. The van der Waals surface area contributed by atoms with Crippen molar-refractivity contribution in [2.75, 3.05) is 6.79 Å². The molecule has 3 aromatic rings. The third kappa shape index (κ3) is 2.77. The van der Waals surface area contributed by atoms with Crippen molar-refractivity contribution in [1.29, 1.82) is 0 Å². The molecule has 0 radical (unpaired) electrons. The number of amides is 1. The molecular weight excluding hydrogens is 320 g/mol. The van der Waals surface area contributed by atoms with Crippen LogP contribution in [0.1, 0.15) is 18.4 Å². The van der Waals surface area contributed by atoms with Crippen LogP contribution < -0.4 is 15.2 Å². The highest BCUT2D eigenvalue weighted by atomic mass is 16.7. The topological polar surface area (TPSA) is 92.3 Å². The van der Waals surface area contributed by atoms with E-state index in [2.05, 4.69) is 5.10 Å². The minimum atomic E-state index is -0.297. The lowest BCUT2D eigenvalue weighted by molar-refractivity contribution is -0.118. The Labute approximate surface area is 144 Å². The number of fused-ring (bicyclic) bond motifs is 2. The normalized spacial score (nSPS) is 12.7. The van der Waals surface area contributed by atoms with Crippen LogP contribution in [0.3, 0.4) is 0 Å². The van der Waals surface area contributed by atoms with Crippen LogP contribution in [0.4, 0.5) is 0 Å². The molecule has 0 atom stereocenters. The van der Waals surface area contributed by atoms with Gasteiger partial charge in [-0.2, -0.15) is 5.10 Å². The summed E-state index contributed by atoms with van der Waals surface area (Å²) in [7, 11) is 0. The Balaban J connectivity index is 1.72. The van der Waals surface area contributed by atoms with Crippen LogP contribution in [-0.4, -0.2) is 27.5 Å². The number of nitrogens with two attached hydrogens (primary N) is 1. The van der Waals surface area contributed by atoms with Gasteiger partial charge in [0.25, 0.3) is 0 Å². The minimum absolute atomic E-state index is 0.228. The van der Waals surface area contributed by atoms with Crippen LogP contribution in [-0.2, 0) is 11.3 Å². The Morgan fingerprint density at radius 1 is 1.36 bits per heavy atom. The SMILES string of the molecule is Cc1cc(-c2cccc3c2OCO3)nc2cnn(CCCC(N)=O)c12. The van der Waals surface area contributed by atoms with Crippen molar-refractivity contribution in [2.45, 2.75) is 26.3 Å². The number of hydrogen-bond acceptors (Lipinski definition) is 5. The molecule has 0 saturated carbocycles. The van der Waals surface area contributed by atoms with E-state index in [4.69, 9.17) is 20.2 Å². The Bertz CT molecular complexity index is 964. The van der Waals surface area contributed by atoms with Crippen molar-refractivity contribution in [3.05, 3.63) is 36.0 Å². The zero-order chi connectivity index (χ0) is 17.4. The van der Waals surface area contributed by atoms with E-state index in [0.29, 0.717) is 19.4 Å². The van der Waals surface area contributed by atoms with Crippen LogP contribution in [0.25, 0.3) is 22.3 Å². The lowest BCUT2D eigenvalue weighted by atomic mass is 10.1. The number of ether oxygens (including phenoxy) is 2. The number of aryl methyl sites for hydroxylation is 2. The van der Waals surface area contributed by atoms with Crippen LogP contribution in [0.5, 0.6) is 11.5 Å². The maximum atomic E-state index is 10.9. The molecule has 128 valence electrons. The second-order valence-corrected chi connectivity index (χ2v) is 6.04. The van der Waals surface area contributed by atoms with Crippen molar-refractivity contribution in [1.82, 2.24) is 14.8 Å². The van der Waals surface area contributed by atoms with Crippen LogP contribution in [0.15, 0.2) is 30.5 Å². The maximum absolute atomic E-state index is 10.9. The summed E-state index contributed by atoms with van der Waals surface area (Å²) >= 11 is 0. The lowest BCUT2D eigenvalue weighted by Crippen LogP contribution is -2.12. The number of aromatic nitrogens is 3. The standard InChI is InChI=1S/C18H18N4O3/c1-11-8-13(12-4-2-5-15-18(12)25-10-24-15)21-14-9-20-22(17(11)14)7-3-6-16(19)23/h2,4-5,8-9H,3,6-7,10H2,1H3,(H2,19,23). The van der Waals surface area contributed by atoms with Gasteiger partial charge in [0.1, 0.15) is 5.52 Å². The third-order valence-corrected chi connectivity index (χ3v) is 4.25. The zero-order valence-electron chi connectivity index (χ0n) is 13.9. The predicted octanol–water partition coefficient (Wildman–Crippen LogP) is 2.40. The summed E-state index contributed by atoms with van der Waals surface area (Å²) in [5.74, 6) is 1.16. The number of pyridine rings is 1. The van der Waals surface area contributed by atoms with Gasteiger partial charge in [-0.3, -0.25) is 9.48 Å². The molecule has 0 fully saturated rings. The van der Waals surface area contributed by atoms with E-state index in [1.54, 1.807) is 6.20 Å². The molecule has 25 heavy (non-hydrogen) atoms. The van der Waals surface area contributed by atoms with E-state index in [1.807, 2.05) is 35.9 Å². The average molecular weight is 338 g/mol. The number of rotatable bonds is 5. The Kier molecular flexibility index (Phi) is 3.76. The smallest absolute Gasteiger partial charge is 0.231 e. The van der Waals surface area contributed by atoms with Crippen LogP contribution in [0.2, 0.25) is 0 Å². The quantitative estimate of drug-likeness (QED) is 0.771. The molecule has 7 heteroatoms. The molecule has 0 saturated heterocycles. The Hall–Kier alpha value is -3.09. The van der Waals surface area contributed by atoms with Crippen molar-refractivity contribution in [3.63, 3.8) is 0 Å². The number of nitrogens with zero attached hydrogens (tertiary/aromatic N) is 3. The fourth-order valence-corrected chi connectivity index (χ4v) is 3.14. The summed E-state index contributed by atoms with van der Waals surface area (Å²) in [6, 6.07) is 7.80. The largest absolute Gasteiger partial charge is 0.454 e. The molecule has 1 aromatic carbocycles. The molecule has 2 N–H and O–H groups in total. The third-order valence-electron chi connectivity index (χ3n) is 4.25.